The Morgan fingerprint density at radius 1 is 1.71 bits per heavy atom. The van der Waals surface area contributed by atoms with Crippen LogP contribution in [0.3, 0.4) is 0 Å². The van der Waals surface area contributed by atoms with Crippen LogP contribution in [-0.4, -0.2) is 29.2 Å². The lowest BCUT2D eigenvalue weighted by molar-refractivity contribution is -0.122. The first-order chi connectivity index (χ1) is 8.11. The third-order valence-electron chi connectivity index (χ3n) is 2.60. The van der Waals surface area contributed by atoms with Gasteiger partial charge in [-0.15, -0.1) is 0 Å². The van der Waals surface area contributed by atoms with Gasteiger partial charge in [0.1, 0.15) is 11.9 Å². The Kier molecular flexibility index (Phi) is 3.21. The summed E-state index contributed by atoms with van der Waals surface area (Å²) in [5.74, 6) is -0.376. The van der Waals surface area contributed by atoms with Gasteiger partial charge in [-0.25, -0.2) is 9.37 Å². The van der Waals surface area contributed by atoms with Gasteiger partial charge < -0.3 is 10.1 Å². The topological polar surface area (TPSA) is 64.1 Å². The van der Waals surface area contributed by atoms with Gasteiger partial charge in [0.05, 0.1) is 25.3 Å². The van der Waals surface area contributed by atoms with Crippen LogP contribution in [0.1, 0.15) is 17.8 Å². The summed E-state index contributed by atoms with van der Waals surface area (Å²) in [5.41, 5.74) is 1.28. The molecule has 1 N–H and O–H groups in total. The Morgan fingerprint density at radius 2 is 2.41 bits per heavy atom. The summed E-state index contributed by atoms with van der Waals surface area (Å²) < 4.78 is 17.7. The standard InChI is InChI=1S/C11H14FN3O2/c1-6-4-13-9(11(15-6)17-2)5-14-10(16)7-3-8(7)12/h4,7-8H,3,5H2,1-2H3,(H,14,16). The minimum atomic E-state index is -0.985. The zero-order valence-corrected chi connectivity index (χ0v) is 9.74. The van der Waals surface area contributed by atoms with Gasteiger partial charge in [0.15, 0.2) is 0 Å². The quantitative estimate of drug-likeness (QED) is 0.842. The summed E-state index contributed by atoms with van der Waals surface area (Å²) in [7, 11) is 1.49. The molecule has 1 aliphatic carbocycles. The fraction of sp³-hybridized carbons (Fsp3) is 0.545. The number of carbonyl (C=O) groups is 1. The molecule has 0 spiro atoms. The number of aryl methyl sites for hydroxylation is 1. The predicted molar refractivity (Wildman–Crippen MR) is 58.2 cm³/mol. The molecule has 0 aliphatic heterocycles. The summed E-state index contributed by atoms with van der Waals surface area (Å²) in [6.45, 7) is 2.01. The minimum Gasteiger partial charge on any atom is -0.480 e. The number of methoxy groups -OCH3 is 1. The van der Waals surface area contributed by atoms with Gasteiger partial charge >= 0.3 is 0 Å². The summed E-state index contributed by atoms with van der Waals surface area (Å²) in [5, 5.41) is 2.62. The molecule has 2 rings (SSSR count). The van der Waals surface area contributed by atoms with E-state index in [0.717, 1.165) is 5.69 Å². The molecule has 0 bridgehead atoms. The summed E-state index contributed by atoms with van der Waals surface area (Å²) >= 11 is 0. The maximum Gasteiger partial charge on any atom is 0.237 e. The second kappa shape index (κ2) is 4.65. The SMILES string of the molecule is COc1nc(C)cnc1CNC(=O)C1CC1F. The van der Waals surface area contributed by atoms with Crippen molar-refractivity contribution in [2.24, 2.45) is 5.92 Å². The molecular weight excluding hydrogens is 225 g/mol. The number of alkyl halides is 1. The molecule has 17 heavy (non-hydrogen) atoms. The van der Waals surface area contributed by atoms with Crippen molar-refractivity contribution in [2.45, 2.75) is 26.1 Å². The van der Waals surface area contributed by atoms with Crippen molar-refractivity contribution in [1.82, 2.24) is 15.3 Å². The molecule has 2 atom stereocenters. The average Bonchev–Trinajstić information content (AvgIpc) is 3.04. The first kappa shape index (κ1) is 11.8. The molecule has 1 aromatic rings. The zero-order valence-electron chi connectivity index (χ0n) is 9.74. The average molecular weight is 239 g/mol. The van der Waals surface area contributed by atoms with Crippen molar-refractivity contribution in [2.75, 3.05) is 7.11 Å². The van der Waals surface area contributed by atoms with E-state index in [4.69, 9.17) is 4.74 Å². The van der Waals surface area contributed by atoms with E-state index in [1.165, 1.54) is 7.11 Å². The van der Waals surface area contributed by atoms with Crippen LogP contribution in [0.15, 0.2) is 6.20 Å². The number of rotatable bonds is 4. The van der Waals surface area contributed by atoms with Gasteiger partial charge in [0.25, 0.3) is 0 Å². The highest BCUT2D eigenvalue weighted by molar-refractivity contribution is 5.81. The molecule has 2 unspecified atom stereocenters. The molecular formula is C11H14FN3O2. The van der Waals surface area contributed by atoms with Gasteiger partial charge in [-0.2, -0.15) is 0 Å². The van der Waals surface area contributed by atoms with Gasteiger partial charge in [-0.3, -0.25) is 9.78 Å². The van der Waals surface area contributed by atoms with E-state index in [1.807, 2.05) is 0 Å². The van der Waals surface area contributed by atoms with Crippen LogP contribution in [0.4, 0.5) is 4.39 Å². The lowest BCUT2D eigenvalue weighted by Gasteiger charge is -2.08. The summed E-state index contributed by atoms with van der Waals surface area (Å²) in [6.07, 6.45) is 0.933. The van der Waals surface area contributed by atoms with E-state index < -0.39 is 12.1 Å². The largest absolute Gasteiger partial charge is 0.480 e. The smallest absolute Gasteiger partial charge is 0.237 e. The maximum atomic E-state index is 12.6. The predicted octanol–water partition coefficient (Wildman–Crippen LogP) is 0.768. The number of halogens is 1. The molecule has 1 aromatic heterocycles. The Bertz CT molecular complexity index is 439. The summed E-state index contributed by atoms with van der Waals surface area (Å²) in [6, 6.07) is 0. The molecule has 1 aliphatic rings. The van der Waals surface area contributed by atoms with Crippen molar-refractivity contribution in [3.05, 3.63) is 17.6 Å². The third kappa shape index (κ3) is 2.69. The van der Waals surface area contributed by atoms with E-state index in [0.29, 0.717) is 18.0 Å². The zero-order chi connectivity index (χ0) is 12.4. The van der Waals surface area contributed by atoms with Crippen LogP contribution in [0.25, 0.3) is 0 Å². The monoisotopic (exact) mass is 239 g/mol. The van der Waals surface area contributed by atoms with Crippen LogP contribution >= 0.6 is 0 Å². The fourth-order valence-electron chi connectivity index (χ4n) is 1.50. The maximum absolute atomic E-state index is 12.6. The first-order valence-corrected chi connectivity index (χ1v) is 5.40. The van der Waals surface area contributed by atoms with Crippen molar-refractivity contribution >= 4 is 5.91 Å². The number of amides is 1. The Hall–Kier alpha value is -1.72. The summed E-state index contributed by atoms with van der Waals surface area (Å²) in [4.78, 5) is 19.7. The highest BCUT2D eigenvalue weighted by atomic mass is 19.1. The van der Waals surface area contributed by atoms with Crippen molar-refractivity contribution in [1.29, 1.82) is 0 Å². The molecule has 6 heteroatoms. The molecule has 92 valence electrons. The van der Waals surface area contributed by atoms with Gasteiger partial charge in [-0.05, 0) is 13.3 Å². The number of hydrogen-bond donors (Lipinski definition) is 1. The lowest BCUT2D eigenvalue weighted by atomic mass is 10.3. The van der Waals surface area contributed by atoms with Crippen molar-refractivity contribution < 1.29 is 13.9 Å². The van der Waals surface area contributed by atoms with Crippen molar-refractivity contribution in [3.63, 3.8) is 0 Å². The van der Waals surface area contributed by atoms with Gasteiger partial charge in [0, 0.05) is 6.20 Å². The minimum absolute atomic E-state index is 0.207. The fourth-order valence-corrected chi connectivity index (χ4v) is 1.50. The molecule has 0 saturated heterocycles. The molecule has 5 nitrogen and oxygen atoms in total. The van der Waals surface area contributed by atoms with E-state index in [9.17, 15) is 9.18 Å². The van der Waals surface area contributed by atoms with Crippen LogP contribution < -0.4 is 10.1 Å². The van der Waals surface area contributed by atoms with Gasteiger partial charge in [0.2, 0.25) is 11.8 Å². The number of ether oxygens (including phenoxy) is 1. The van der Waals surface area contributed by atoms with E-state index in [-0.39, 0.29) is 12.5 Å². The molecule has 1 fully saturated rings. The molecule has 1 saturated carbocycles. The lowest BCUT2D eigenvalue weighted by Crippen LogP contribution is -2.26. The number of carbonyl (C=O) groups excluding carboxylic acids is 1. The molecule has 0 aromatic carbocycles. The second-order valence-electron chi connectivity index (χ2n) is 4.04. The first-order valence-electron chi connectivity index (χ1n) is 5.40. The van der Waals surface area contributed by atoms with E-state index in [2.05, 4.69) is 15.3 Å². The number of aromatic nitrogens is 2. The van der Waals surface area contributed by atoms with Crippen LogP contribution in [0.2, 0.25) is 0 Å². The van der Waals surface area contributed by atoms with Crippen LogP contribution in [-0.2, 0) is 11.3 Å². The highest BCUT2D eigenvalue weighted by Gasteiger charge is 2.43. The Labute approximate surface area is 98.4 Å². The molecule has 1 heterocycles. The van der Waals surface area contributed by atoms with Gasteiger partial charge in [-0.1, -0.05) is 0 Å². The van der Waals surface area contributed by atoms with E-state index in [1.54, 1.807) is 13.1 Å². The molecule has 0 radical (unpaired) electrons. The van der Waals surface area contributed by atoms with E-state index >= 15 is 0 Å². The number of nitrogens with one attached hydrogen (secondary N) is 1. The number of hydrogen-bond acceptors (Lipinski definition) is 4. The highest BCUT2D eigenvalue weighted by Crippen LogP contribution is 2.33. The Balaban J connectivity index is 1.96. The number of nitrogens with zero attached hydrogens (tertiary/aromatic N) is 2. The Morgan fingerprint density at radius 3 is 3.00 bits per heavy atom. The molecule has 1 amide bonds. The normalized spacial score (nSPS) is 22.1. The van der Waals surface area contributed by atoms with Crippen LogP contribution in [0.5, 0.6) is 5.88 Å². The van der Waals surface area contributed by atoms with Crippen molar-refractivity contribution in [3.8, 4) is 5.88 Å². The third-order valence-corrected chi connectivity index (χ3v) is 2.60. The second-order valence-corrected chi connectivity index (χ2v) is 4.04. The van der Waals surface area contributed by atoms with Crippen LogP contribution in [0, 0.1) is 12.8 Å².